The largest absolute Gasteiger partial charge is 0.497 e. The number of nitrogen functional groups attached to an aromatic ring is 1. The number of nitrogens with two attached hydrogens (primary N) is 1. The molecule has 2 N–H and O–H groups in total. The van der Waals surface area contributed by atoms with E-state index in [1.165, 1.54) is 5.56 Å². The Balaban J connectivity index is 0.00000140. The lowest BCUT2D eigenvalue weighted by Gasteiger charge is -2.27. The number of likely N-dealkylation sites (tertiary alicyclic amines) is 1. The maximum absolute atomic E-state index is 5.84. The van der Waals surface area contributed by atoms with E-state index in [2.05, 4.69) is 38.9 Å². The molecule has 4 rings (SSSR count). The van der Waals surface area contributed by atoms with Gasteiger partial charge in [0.25, 0.3) is 0 Å². The Bertz CT molecular complexity index is 792. The predicted octanol–water partition coefficient (Wildman–Crippen LogP) is 2.66. The molecule has 3 heterocycles. The lowest BCUT2D eigenvalue weighted by Crippen LogP contribution is -2.29. The molecule has 9 heteroatoms. The van der Waals surface area contributed by atoms with E-state index in [4.69, 9.17) is 15.2 Å². The Labute approximate surface area is 178 Å². The van der Waals surface area contributed by atoms with E-state index >= 15 is 0 Å². The van der Waals surface area contributed by atoms with Crippen LogP contribution in [-0.2, 0) is 0 Å². The molecule has 2 aliphatic heterocycles. The zero-order valence-electron chi connectivity index (χ0n) is 16.2. The van der Waals surface area contributed by atoms with Gasteiger partial charge in [0.15, 0.2) is 0 Å². The number of fused-ring (bicyclic) bond motifs is 1. The van der Waals surface area contributed by atoms with E-state index < -0.39 is 0 Å². The zero-order chi connectivity index (χ0) is 18.3. The Morgan fingerprint density at radius 2 is 1.71 bits per heavy atom. The molecular weight excluding hydrogens is 401 g/mol. The molecule has 0 spiro atoms. The molecule has 0 amide bonds. The third-order valence-corrected chi connectivity index (χ3v) is 5.59. The van der Waals surface area contributed by atoms with Crippen LogP contribution in [-0.4, -0.2) is 55.8 Å². The molecule has 154 valence electrons. The van der Waals surface area contributed by atoms with Gasteiger partial charge in [-0.05, 0) is 30.7 Å². The number of benzene rings is 1. The van der Waals surface area contributed by atoms with Crippen molar-refractivity contribution in [2.24, 2.45) is 11.8 Å². The maximum atomic E-state index is 5.84. The van der Waals surface area contributed by atoms with E-state index in [0.717, 1.165) is 31.2 Å². The van der Waals surface area contributed by atoms with Crippen LogP contribution in [0.2, 0.25) is 0 Å². The first-order chi connectivity index (χ1) is 12.6. The van der Waals surface area contributed by atoms with Gasteiger partial charge in [-0.25, -0.2) is 0 Å². The summed E-state index contributed by atoms with van der Waals surface area (Å²) in [5.41, 5.74) is 7.17. The Morgan fingerprint density at radius 3 is 2.36 bits per heavy atom. The highest BCUT2D eigenvalue weighted by Gasteiger charge is 2.46. The van der Waals surface area contributed by atoms with Crippen LogP contribution in [0.3, 0.4) is 0 Å². The summed E-state index contributed by atoms with van der Waals surface area (Å²) in [6.45, 7) is 3.00. The highest BCUT2D eigenvalue weighted by atomic mass is 35.5. The maximum Gasteiger partial charge on any atom is 0.225 e. The second kappa shape index (κ2) is 9.03. The van der Waals surface area contributed by atoms with Crippen molar-refractivity contribution < 1.29 is 9.47 Å². The van der Waals surface area contributed by atoms with Crippen LogP contribution in [0.25, 0.3) is 0 Å². The molecule has 2 fully saturated rings. The van der Waals surface area contributed by atoms with E-state index in [9.17, 15) is 0 Å². The van der Waals surface area contributed by atoms with Crippen LogP contribution in [0.1, 0.15) is 11.6 Å². The standard InChI is InChI=1S/C19H25N5O2.2ClH/c1-23-9-13-10-24(16-8-17(26-3)22-19(20)21-16)11-15(13)18(23)12-4-6-14(25-2)7-5-12;;/h4-8,13,15,18H,9-11H2,1-3H3,(H2,20,21,22);2*1H/t13-,15+,18-;;/m0../s1. The minimum absolute atomic E-state index is 0. The second-order valence-corrected chi connectivity index (χ2v) is 7.11. The first-order valence-electron chi connectivity index (χ1n) is 8.86. The van der Waals surface area contributed by atoms with E-state index in [-0.39, 0.29) is 30.8 Å². The molecule has 0 unspecified atom stereocenters. The van der Waals surface area contributed by atoms with Gasteiger partial charge in [0.05, 0.1) is 14.2 Å². The van der Waals surface area contributed by atoms with Crippen molar-refractivity contribution >= 4 is 36.6 Å². The summed E-state index contributed by atoms with van der Waals surface area (Å²) in [6.07, 6.45) is 0. The monoisotopic (exact) mass is 427 g/mol. The lowest BCUT2D eigenvalue weighted by molar-refractivity contribution is 0.279. The SMILES string of the molecule is COc1ccc([C@H]2[C@@H]3CN(c4cc(OC)nc(N)n4)C[C@@H]3CN2C)cc1.Cl.Cl. The first-order valence-corrected chi connectivity index (χ1v) is 8.86. The van der Waals surface area contributed by atoms with Crippen LogP contribution < -0.4 is 20.1 Å². The number of hydrogen-bond acceptors (Lipinski definition) is 7. The van der Waals surface area contributed by atoms with Crippen LogP contribution in [0, 0.1) is 11.8 Å². The smallest absolute Gasteiger partial charge is 0.225 e. The van der Waals surface area contributed by atoms with Crippen molar-refractivity contribution in [1.82, 2.24) is 14.9 Å². The van der Waals surface area contributed by atoms with Crippen molar-refractivity contribution in [2.75, 3.05) is 51.5 Å². The fraction of sp³-hybridized carbons (Fsp3) is 0.474. The number of methoxy groups -OCH3 is 2. The minimum atomic E-state index is 0. The second-order valence-electron chi connectivity index (χ2n) is 7.11. The van der Waals surface area contributed by atoms with Gasteiger partial charge in [0.1, 0.15) is 11.6 Å². The number of rotatable bonds is 4. The Morgan fingerprint density at radius 1 is 1.00 bits per heavy atom. The normalized spacial score (nSPS) is 23.5. The molecule has 2 aliphatic rings. The average Bonchev–Trinajstić information content (AvgIpc) is 3.18. The third kappa shape index (κ3) is 4.06. The van der Waals surface area contributed by atoms with Gasteiger partial charge < -0.3 is 20.1 Å². The molecule has 0 saturated carbocycles. The summed E-state index contributed by atoms with van der Waals surface area (Å²) in [5.74, 6) is 3.65. The van der Waals surface area contributed by atoms with E-state index in [1.54, 1.807) is 14.2 Å². The molecule has 1 aromatic heterocycles. The molecule has 0 aliphatic carbocycles. The average molecular weight is 428 g/mol. The summed E-state index contributed by atoms with van der Waals surface area (Å²) in [5, 5.41) is 0. The number of ether oxygens (including phenoxy) is 2. The molecule has 3 atom stereocenters. The highest BCUT2D eigenvalue weighted by molar-refractivity contribution is 5.85. The van der Waals surface area contributed by atoms with Crippen LogP contribution in [0.15, 0.2) is 30.3 Å². The van der Waals surface area contributed by atoms with Crippen LogP contribution in [0.5, 0.6) is 11.6 Å². The fourth-order valence-corrected chi connectivity index (χ4v) is 4.44. The Hall–Kier alpha value is -1.96. The van der Waals surface area contributed by atoms with Crippen molar-refractivity contribution in [3.8, 4) is 11.6 Å². The van der Waals surface area contributed by atoms with E-state index in [1.807, 2.05) is 18.2 Å². The molecule has 0 radical (unpaired) electrons. The molecule has 0 bridgehead atoms. The number of hydrogen-bond donors (Lipinski definition) is 1. The summed E-state index contributed by atoms with van der Waals surface area (Å²) in [6, 6.07) is 10.7. The van der Waals surface area contributed by atoms with Crippen molar-refractivity contribution in [3.05, 3.63) is 35.9 Å². The summed E-state index contributed by atoms with van der Waals surface area (Å²) in [7, 11) is 5.51. The summed E-state index contributed by atoms with van der Waals surface area (Å²) >= 11 is 0. The molecular formula is C19H27Cl2N5O2. The van der Waals surface area contributed by atoms with Crippen molar-refractivity contribution in [2.45, 2.75) is 6.04 Å². The molecule has 1 aromatic carbocycles. The van der Waals surface area contributed by atoms with Gasteiger partial charge in [-0.15, -0.1) is 24.8 Å². The molecule has 2 saturated heterocycles. The topological polar surface area (TPSA) is 76.7 Å². The Kier molecular flexibility index (Phi) is 7.20. The van der Waals surface area contributed by atoms with Gasteiger partial charge >= 0.3 is 0 Å². The quantitative estimate of drug-likeness (QED) is 0.803. The molecule has 28 heavy (non-hydrogen) atoms. The zero-order valence-corrected chi connectivity index (χ0v) is 17.9. The highest BCUT2D eigenvalue weighted by Crippen LogP contribution is 2.45. The van der Waals surface area contributed by atoms with Gasteiger partial charge in [-0.1, -0.05) is 12.1 Å². The number of halogens is 2. The first kappa shape index (κ1) is 22.3. The van der Waals surface area contributed by atoms with Crippen LogP contribution >= 0.6 is 24.8 Å². The molecule has 2 aromatic rings. The lowest BCUT2D eigenvalue weighted by atomic mass is 9.89. The minimum Gasteiger partial charge on any atom is -0.497 e. The van der Waals surface area contributed by atoms with Gasteiger partial charge in [-0.3, -0.25) is 4.90 Å². The molecule has 7 nitrogen and oxygen atoms in total. The van der Waals surface area contributed by atoms with Crippen molar-refractivity contribution in [3.63, 3.8) is 0 Å². The summed E-state index contributed by atoms with van der Waals surface area (Å²) in [4.78, 5) is 13.3. The van der Waals surface area contributed by atoms with Gasteiger partial charge in [-0.2, -0.15) is 9.97 Å². The third-order valence-electron chi connectivity index (χ3n) is 5.59. The predicted molar refractivity (Wildman–Crippen MR) is 115 cm³/mol. The van der Waals surface area contributed by atoms with E-state index in [0.29, 0.717) is 23.8 Å². The van der Waals surface area contributed by atoms with Crippen molar-refractivity contribution in [1.29, 1.82) is 0 Å². The number of aromatic nitrogens is 2. The fourth-order valence-electron chi connectivity index (χ4n) is 4.44. The number of anilines is 2. The number of nitrogens with zero attached hydrogens (tertiary/aromatic N) is 4. The van der Waals surface area contributed by atoms with Gasteiger partial charge in [0, 0.05) is 37.7 Å². The van der Waals surface area contributed by atoms with Gasteiger partial charge in [0.2, 0.25) is 11.8 Å². The van der Waals surface area contributed by atoms with Crippen LogP contribution in [0.4, 0.5) is 11.8 Å². The summed E-state index contributed by atoms with van der Waals surface area (Å²) < 4.78 is 10.5.